The van der Waals surface area contributed by atoms with Gasteiger partial charge in [0.15, 0.2) is 0 Å². The van der Waals surface area contributed by atoms with E-state index >= 15 is 0 Å². The van der Waals surface area contributed by atoms with Crippen LogP contribution in [0.25, 0.3) is 0 Å². The number of methoxy groups -OCH3 is 1. The third kappa shape index (κ3) is 1.71. The molecule has 0 saturated carbocycles. The Morgan fingerprint density at radius 2 is 1.94 bits per heavy atom. The second kappa shape index (κ2) is 4.10. The summed E-state index contributed by atoms with van der Waals surface area (Å²) in [6.07, 6.45) is 3.42. The Bertz CT molecular complexity index is 394. The monoisotopic (exact) mass is 220 g/mol. The summed E-state index contributed by atoms with van der Waals surface area (Å²) in [7, 11) is 1.73. The van der Waals surface area contributed by atoms with Crippen LogP contribution in [-0.4, -0.2) is 18.8 Å². The highest BCUT2D eigenvalue weighted by Crippen LogP contribution is 2.38. The van der Waals surface area contributed by atoms with Crippen LogP contribution in [0, 0.1) is 0 Å². The molecule has 1 aliphatic rings. The summed E-state index contributed by atoms with van der Waals surface area (Å²) in [5.41, 5.74) is 3.88. The van der Waals surface area contributed by atoms with Gasteiger partial charge >= 0.3 is 0 Å². The topological polar surface area (TPSA) is 29.5 Å². The van der Waals surface area contributed by atoms with Gasteiger partial charge in [-0.15, -0.1) is 0 Å². The van der Waals surface area contributed by atoms with Gasteiger partial charge in [0, 0.05) is 5.41 Å². The summed E-state index contributed by atoms with van der Waals surface area (Å²) >= 11 is 0. The van der Waals surface area contributed by atoms with Crippen molar-refractivity contribution in [2.24, 2.45) is 0 Å². The number of aliphatic hydroxyl groups excluding tert-OH is 1. The number of aliphatic hydroxyl groups is 1. The molecule has 1 N–H and O–H groups in total. The van der Waals surface area contributed by atoms with E-state index in [0.29, 0.717) is 0 Å². The first-order valence-electron chi connectivity index (χ1n) is 5.90. The van der Waals surface area contributed by atoms with Crippen molar-refractivity contribution in [3.63, 3.8) is 0 Å². The van der Waals surface area contributed by atoms with Gasteiger partial charge in [-0.1, -0.05) is 19.9 Å². The number of rotatable bonds is 3. The summed E-state index contributed by atoms with van der Waals surface area (Å²) in [6.45, 7) is 4.37. The number of fused-ring (bicyclic) bond motifs is 1. The SMILES string of the molecule is COc1ccc(C(C)(C)CO)c2c1CCC2. The van der Waals surface area contributed by atoms with Gasteiger partial charge in [-0.05, 0) is 42.0 Å². The van der Waals surface area contributed by atoms with Crippen molar-refractivity contribution in [3.05, 3.63) is 28.8 Å². The second-order valence-corrected chi connectivity index (χ2v) is 5.17. The van der Waals surface area contributed by atoms with E-state index in [4.69, 9.17) is 4.74 Å². The van der Waals surface area contributed by atoms with Gasteiger partial charge in [0.25, 0.3) is 0 Å². The van der Waals surface area contributed by atoms with Crippen LogP contribution in [0.2, 0.25) is 0 Å². The standard InChI is InChI=1S/C14H20O2/c1-14(2,9-15)12-7-8-13(16-3)11-6-4-5-10(11)12/h7-8,15H,4-6,9H2,1-3H3. The molecule has 1 aromatic rings. The van der Waals surface area contributed by atoms with Gasteiger partial charge in [-0.2, -0.15) is 0 Å². The molecule has 0 radical (unpaired) electrons. The predicted molar refractivity (Wildman–Crippen MR) is 65.1 cm³/mol. The molecule has 0 aromatic heterocycles. The van der Waals surface area contributed by atoms with Crippen molar-refractivity contribution >= 4 is 0 Å². The zero-order valence-corrected chi connectivity index (χ0v) is 10.3. The van der Waals surface area contributed by atoms with Crippen LogP contribution in [0.1, 0.15) is 37.0 Å². The van der Waals surface area contributed by atoms with Crippen LogP contribution in [0.3, 0.4) is 0 Å². The van der Waals surface area contributed by atoms with Crippen LogP contribution >= 0.6 is 0 Å². The highest BCUT2D eigenvalue weighted by atomic mass is 16.5. The van der Waals surface area contributed by atoms with E-state index in [2.05, 4.69) is 19.9 Å². The van der Waals surface area contributed by atoms with E-state index in [0.717, 1.165) is 18.6 Å². The molecule has 1 aliphatic carbocycles. The fourth-order valence-corrected chi connectivity index (χ4v) is 2.58. The lowest BCUT2D eigenvalue weighted by Gasteiger charge is -2.26. The summed E-state index contributed by atoms with van der Waals surface area (Å²) in [4.78, 5) is 0. The van der Waals surface area contributed by atoms with E-state index < -0.39 is 0 Å². The molecular formula is C14H20O2. The maximum absolute atomic E-state index is 9.47. The van der Waals surface area contributed by atoms with Crippen LogP contribution in [0.5, 0.6) is 5.75 Å². The van der Waals surface area contributed by atoms with Crippen molar-refractivity contribution in [1.29, 1.82) is 0 Å². The van der Waals surface area contributed by atoms with Gasteiger partial charge in [0.2, 0.25) is 0 Å². The predicted octanol–water partition coefficient (Wildman–Crippen LogP) is 2.45. The number of benzene rings is 1. The average molecular weight is 220 g/mol. The molecule has 0 aliphatic heterocycles. The zero-order chi connectivity index (χ0) is 11.8. The molecule has 0 fully saturated rings. The third-order valence-corrected chi connectivity index (χ3v) is 3.59. The Morgan fingerprint density at radius 1 is 1.25 bits per heavy atom. The molecule has 0 amide bonds. The molecule has 0 unspecified atom stereocenters. The van der Waals surface area contributed by atoms with E-state index in [-0.39, 0.29) is 12.0 Å². The highest BCUT2D eigenvalue weighted by Gasteiger charge is 2.27. The zero-order valence-electron chi connectivity index (χ0n) is 10.3. The molecule has 2 heteroatoms. The fourth-order valence-electron chi connectivity index (χ4n) is 2.58. The van der Waals surface area contributed by atoms with Gasteiger partial charge in [-0.25, -0.2) is 0 Å². The first-order valence-corrected chi connectivity index (χ1v) is 5.90. The lowest BCUT2D eigenvalue weighted by molar-refractivity contribution is 0.217. The molecule has 1 aromatic carbocycles. The van der Waals surface area contributed by atoms with Gasteiger partial charge in [0.05, 0.1) is 13.7 Å². The molecule has 0 saturated heterocycles. The Kier molecular flexibility index (Phi) is 2.94. The quantitative estimate of drug-likeness (QED) is 0.848. The van der Waals surface area contributed by atoms with Crippen molar-refractivity contribution in [3.8, 4) is 5.75 Å². The van der Waals surface area contributed by atoms with Crippen LogP contribution in [0.15, 0.2) is 12.1 Å². The molecule has 0 bridgehead atoms. The molecule has 2 nitrogen and oxygen atoms in total. The smallest absolute Gasteiger partial charge is 0.122 e. The summed E-state index contributed by atoms with van der Waals surface area (Å²) in [6, 6.07) is 4.15. The Labute approximate surface area is 97.3 Å². The first-order chi connectivity index (χ1) is 7.60. The van der Waals surface area contributed by atoms with Crippen molar-refractivity contribution in [1.82, 2.24) is 0 Å². The minimum absolute atomic E-state index is 0.152. The lowest BCUT2D eigenvalue weighted by atomic mass is 9.81. The Morgan fingerprint density at radius 3 is 2.56 bits per heavy atom. The molecule has 2 rings (SSSR count). The minimum Gasteiger partial charge on any atom is -0.496 e. The lowest BCUT2D eigenvalue weighted by Crippen LogP contribution is -2.24. The second-order valence-electron chi connectivity index (χ2n) is 5.17. The van der Waals surface area contributed by atoms with E-state index in [9.17, 15) is 5.11 Å². The Balaban J connectivity index is 2.54. The molecule has 0 spiro atoms. The molecule has 88 valence electrons. The number of ether oxygens (including phenoxy) is 1. The number of hydrogen-bond acceptors (Lipinski definition) is 2. The van der Waals surface area contributed by atoms with Gasteiger partial charge < -0.3 is 9.84 Å². The fraction of sp³-hybridized carbons (Fsp3) is 0.571. The van der Waals surface area contributed by atoms with Gasteiger partial charge in [0.1, 0.15) is 5.75 Å². The maximum Gasteiger partial charge on any atom is 0.122 e. The average Bonchev–Trinajstić information content (AvgIpc) is 2.76. The summed E-state index contributed by atoms with van der Waals surface area (Å²) in [5.74, 6) is 1.00. The van der Waals surface area contributed by atoms with Crippen LogP contribution in [0.4, 0.5) is 0 Å². The van der Waals surface area contributed by atoms with Crippen LogP contribution in [-0.2, 0) is 18.3 Å². The molecular weight excluding hydrogens is 200 g/mol. The molecule has 0 atom stereocenters. The van der Waals surface area contributed by atoms with Crippen molar-refractivity contribution in [2.75, 3.05) is 13.7 Å². The van der Waals surface area contributed by atoms with Crippen molar-refractivity contribution < 1.29 is 9.84 Å². The maximum atomic E-state index is 9.47. The largest absolute Gasteiger partial charge is 0.496 e. The highest BCUT2D eigenvalue weighted by molar-refractivity contribution is 5.50. The van der Waals surface area contributed by atoms with Crippen molar-refractivity contribution in [2.45, 2.75) is 38.5 Å². The summed E-state index contributed by atoms with van der Waals surface area (Å²) < 4.78 is 5.40. The van der Waals surface area contributed by atoms with Gasteiger partial charge in [-0.3, -0.25) is 0 Å². The van der Waals surface area contributed by atoms with E-state index in [1.54, 1.807) is 7.11 Å². The third-order valence-electron chi connectivity index (χ3n) is 3.59. The Hall–Kier alpha value is -1.02. The first kappa shape index (κ1) is 11.5. The minimum atomic E-state index is -0.152. The molecule has 0 heterocycles. The summed E-state index contributed by atoms with van der Waals surface area (Å²) in [5, 5.41) is 9.47. The molecule has 16 heavy (non-hydrogen) atoms. The normalized spacial score (nSPS) is 15.0. The van der Waals surface area contributed by atoms with E-state index in [1.807, 2.05) is 6.07 Å². The number of hydrogen-bond donors (Lipinski definition) is 1. The van der Waals surface area contributed by atoms with Crippen LogP contribution < -0.4 is 4.74 Å². The van der Waals surface area contributed by atoms with E-state index in [1.165, 1.54) is 23.1 Å².